The lowest BCUT2D eigenvalue weighted by atomic mass is 10.2. The average molecular weight is 407 g/mol. The minimum atomic E-state index is 0.489. The number of nitrogens with zero attached hydrogens (tertiary/aromatic N) is 2. The van der Waals surface area contributed by atoms with Crippen LogP contribution in [0.3, 0.4) is 0 Å². The Morgan fingerprint density at radius 3 is 3.05 bits per heavy atom. The van der Waals surface area contributed by atoms with E-state index in [0.29, 0.717) is 11.1 Å². The third-order valence-corrected chi connectivity index (χ3v) is 5.86. The first-order chi connectivity index (χ1) is 9.28. The largest absolute Gasteiger partial charge is 0.326 e. The van der Waals surface area contributed by atoms with Gasteiger partial charge in [0.1, 0.15) is 5.82 Å². The third-order valence-electron chi connectivity index (χ3n) is 3.57. The Labute approximate surface area is 136 Å². The zero-order chi connectivity index (χ0) is 13.2. The summed E-state index contributed by atoms with van der Waals surface area (Å²) in [4.78, 5) is 4.67. The van der Waals surface area contributed by atoms with Crippen LogP contribution >= 0.6 is 46.0 Å². The molecule has 1 fully saturated rings. The van der Waals surface area contributed by atoms with Crippen LogP contribution in [0.4, 0.5) is 0 Å². The summed E-state index contributed by atoms with van der Waals surface area (Å²) in [7, 11) is 0. The normalized spacial score (nSPS) is 20.0. The number of fused-ring (bicyclic) bond motifs is 1. The Bertz CT molecular complexity index is 578. The van der Waals surface area contributed by atoms with Gasteiger partial charge in [0.2, 0.25) is 0 Å². The van der Waals surface area contributed by atoms with Crippen molar-refractivity contribution in [2.45, 2.75) is 36.9 Å². The maximum atomic E-state index is 6.07. The number of halogens is 2. The van der Waals surface area contributed by atoms with Crippen molar-refractivity contribution >= 4 is 57.0 Å². The SMILES string of the molecule is ClCc1nc2cc(I)ccc2n1CC1CCCCS1. The smallest absolute Gasteiger partial charge is 0.124 e. The summed E-state index contributed by atoms with van der Waals surface area (Å²) in [6.45, 7) is 1.05. The molecule has 0 bridgehead atoms. The van der Waals surface area contributed by atoms with Gasteiger partial charge < -0.3 is 4.57 Å². The van der Waals surface area contributed by atoms with Gasteiger partial charge in [0.25, 0.3) is 0 Å². The van der Waals surface area contributed by atoms with Gasteiger partial charge in [-0.25, -0.2) is 4.98 Å². The molecule has 3 rings (SSSR count). The topological polar surface area (TPSA) is 17.8 Å². The number of alkyl halides is 1. The maximum Gasteiger partial charge on any atom is 0.124 e. The molecule has 0 amide bonds. The molecule has 5 heteroatoms. The van der Waals surface area contributed by atoms with Crippen molar-refractivity contribution in [3.05, 3.63) is 27.6 Å². The van der Waals surface area contributed by atoms with Crippen molar-refractivity contribution in [2.75, 3.05) is 5.75 Å². The van der Waals surface area contributed by atoms with Crippen LogP contribution in [0.5, 0.6) is 0 Å². The summed E-state index contributed by atoms with van der Waals surface area (Å²) < 4.78 is 3.55. The van der Waals surface area contributed by atoms with Crippen molar-refractivity contribution in [3.63, 3.8) is 0 Å². The van der Waals surface area contributed by atoms with Crippen LogP contribution in [0.2, 0.25) is 0 Å². The third kappa shape index (κ3) is 3.05. The van der Waals surface area contributed by atoms with Gasteiger partial charge in [-0.3, -0.25) is 0 Å². The summed E-state index contributed by atoms with van der Waals surface area (Å²) in [5.41, 5.74) is 2.30. The highest BCUT2D eigenvalue weighted by atomic mass is 127. The molecular formula is C14H16ClIN2S. The summed E-state index contributed by atoms with van der Waals surface area (Å²) in [6.07, 6.45) is 4.04. The second-order valence-corrected chi connectivity index (χ2v) is 7.82. The van der Waals surface area contributed by atoms with E-state index in [1.807, 2.05) is 0 Å². The summed E-state index contributed by atoms with van der Waals surface area (Å²) in [5.74, 6) is 2.79. The van der Waals surface area contributed by atoms with Gasteiger partial charge in [-0.1, -0.05) is 6.42 Å². The molecule has 1 atom stereocenters. The molecule has 0 spiro atoms. The lowest BCUT2D eigenvalue weighted by Crippen LogP contribution is -2.18. The van der Waals surface area contributed by atoms with E-state index >= 15 is 0 Å². The first-order valence-electron chi connectivity index (χ1n) is 6.60. The number of thioether (sulfide) groups is 1. The number of imidazole rings is 1. The van der Waals surface area contributed by atoms with Crippen LogP contribution in [-0.2, 0) is 12.4 Å². The fraction of sp³-hybridized carbons (Fsp3) is 0.500. The minimum absolute atomic E-state index is 0.489. The Hall–Kier alpha value is 0.0600. The van der Waals surface area contributed by atoms with Crippen molar-refractivity contribution in [1.29, 1.82) is 0 Å². The molecule has 1 aromatic carbocycles. The summed E-state index contributed by atoms with van der Waals surface area (Å²) in [6, 6.07) is 6.46. The average Bonchev–Trinajstić information content (AvgIpc) is 2.77. The highest BCUT2D eigenvalue weighted by Crippen LogP contribution is 2.29. The zero-order valence-corrected chi connectivity index (χ0v) is 14.3. The molecule has 0 aliphatic carbocycles. The molecule has 2 nitrogen and oxygen atoms in total. The van der Waals surface area contributed by atoms with E-state index in [0.717, 1.165) is 17.9 Å². The van der Waals surface area contributed by atoms with Crippen molar-refractivity contribution < 1.29 is 0 Å². The van der Waals surface area contributed by atoms with Gasteiger partial charge in [0.15, 0.2) is 0 Å². The van der Waals surface area contributed by atoms with Gasteiger partial charge in [0, 0.05) is 15.4 Å². The minimum Gasteiger partial charge on any atom is -0.326 e. The molecule has 0 N–H and O–H groups in total. The van der Waals surface area contributed by atoms with Gasteiger partial charge in [-0.05, 0) is 59.4 Å². The van der Waals surface area contributed by atoms with E-state index in [1.54, 1.807) is 0 Å². The molecule has 2 heterocycles. The number of benzene rings is 1. The van der Waals surface area contributed by atoms with Crippen LogP contribution in [0.15, 0.2) is 18.2 Å². The quantitative estimate of drug-likeness (QED) is 0.545. The van der Waals surface area contributed by atoms with Gasteiger partial charge in [-0.2, -0.15) is 11.8 Å². The predicted octanol–water partition coefficient (Wildman–Crippen LogP) is 4.67. The Morgan fingerprint density at radius 1 is 1.42 bits per heavy atom. The van der Waals surface area contributed by atoms with Crippen LogP contribution in [-0.4, -0.2) is 20.6 Å². The molecule has 1 saturated heterocycles. The Balaban J connectivity index is 1.95. The van der Waals surface area contributed by atoms with Gasteiger partial charge >= 0.3 is 0 Å². The first-order valence-corrected chi connectivity index (χ1v) is 9.26. The lowest BCUT2D eigenvalue weighted by molar-refractivity contribution is 0.582. The van der Waals surface area contributed by atoms with Crippen LogP contribution < -0.4 is 0 Å². The second kappa shape index (κ2) is 6.22. The molecule has 1 unspecified atom stereocenters. The second-order valence-electron chi connectivity index (χ2n) is 4.89. The Morgan fingerprint density at radius 2 is 2.32 bits per heavy atom. The van der Waals surface area contributed by atoms with Crippen LogP contribution in [0, 0.1) is 3.57 Å². The van der Waals surface area contributed by atoms with E-state index in [9.17, 15) is 0 Å². The molecule has 0 radical (unpaired) electrons. The fourth-order valence-electron chi connectivity index (χ4n) is 2.61. The highest BCUT2D eigenvalue weighted by Gasteiger charge is 2.18. The molecule has 0 saturated carbocycles. The summed E-state index contributed by atoms with van der Waals surface area (Å²) in [5, 5.41) is 0.715. The molecule has 19 heavy (non-hydrogen) atoms. The fourth-order valence-corrected chi connectivity index (χ4v) is 4.58. The van der Waals surface area contributed by atoms with Gasteiger partial charge in [0.05, 0.1) is 16.9 Å². The lowest BCUT2D eigenvalue weighted by Gasteiger charge is -2.22. The van der Waals surface area contributed by atoms with Crippen molar-refractivity contribution in [2.24, 2.45) is 0 Å². The highest BCUT2D eigenvalue weighted by molar-refractivity contribution is 14.1. The van der Waals surface area contributed by atoms with E-state index in [1.165, 1.54) is 34.1 Å². The predicted molar refractivity (Wildman–Crippen MR) is 92.1 cm³/mol. The van der Waals surface area contributed by atoms with E-state index in [4.69, 9.17) is 11.6 Å². The van der Waals surface area contributed by atoms with Crippen molar-refractivity contribution in [3.8, 4) is 0 Å². The molecular weight excluding hydrogens is 391 g/mol. The maximum absolute atomic E-state index is 6.07. The summed E-state index contributed by atoms with van der Waals surface area (Å²) >= 11 is 10.5. The standard InChI is InChI=1S/C14H16ClIN2S/c15-8-14-17-12-7-10(16)4-5-13(12)18(14)9-11-3-1-2-6-19-11/h4-5,7,11H,1-3,6,8-9H2. The number of rotatable bonds is 3. The monoisotopic (exact) mass is 406 g/mol. The molecule has 102 valence electrons. The van der Waals surface area contributed by atoms with Gasteiger partial charge in [-0.15, -0.1) is 11.6 Å². The van der Waals surface area contributed by atoms with Crippen LogP contribution in [0.25, 0.3) is 11.0 Å². The van der Waals surface area contributed by atoms with Crippen molar-refractivity contribution in [1.82, 2.24) is 9.55 Å². The van der Waals surface area contributed by atoms with E-state index in [2.05, 4.69) is 62.1 Å². The van der Waals surface area contributed by atoms with E-state index < -0.39 is 0 Å². The first kappa shape index (κ1) is 14.0. The van der Waals surface area contributed by atoms with Crippen LogP contribution in [0.1, 0.15) is 25.1 Å². The van der Waals surface area contributed by atoms with E-state index in [-0.39, 0.29) is 0 Å². The molecule has 1 aliphatic rings. The number of hydrogen-bond acceptors (Lipinski definition) is 2. The zero-order valence-electron chi connectivity index (χ0n) is 10.6. The number of aromatic nitrogens is 2. The molecule has 1 aliphatic heterocycles. The molecule has 1 aromatic heterocycles. The Kier molecular flexibility index (Phi) is 4.59. The molecule has 2 aromatic rings. The number of hydrogen-bond donors (Lipinski definition) is 0.